The predicted octanol–water partition coefficient (Wildman–Crippen LogP) is 4.28. The molecule has 43 heavy (non-hydrogen) atoms. The van der Waals surface area contributed by atoms with Gasteiger partial charge in [-0.15, -0.1) is 0 Å². The van der Waals surface area contributed by atoms with Gasteiger partial charge in [-0.05, 0) is 0 Å². The van der Waals surface area contributed by atoms with E-state index in [9.17, 15) is 19.8 Å². The van der Waals surface area contributed by atoms with E-state index in [1.54, 1.807) is 0 Å². The van der Waals surface area contributed by atoms with Crippen LogP contribution in [0.2, 0.25) is 0 Å². The van der Waals surface area contributed by atoms with E-state index < -0.39 is 29.8 Å². The molecule has 0 saturated heterocycles. The Bertz CT molecular complexity index is 1990. The average molecular weight is 632 g/mol. The monoisotopic (exact) mass is 631 g/mol. The van der Waals surface area contributed by atoms with Crippen molar-refractivity contribution in [2.24, 2.45) is 9.98 Å². The molecule has 6 heterocycles. The second kappa shape index (κ2) is 10.9. The Morgan fingerprint density at radius 1 is 0.814 bits per heavy atom. The normalized spacial score (nSPS) is 16.5. The molecule has 4 aliphatic heterocycles. The molecule has 0 aliphatic carbocycles. The SMILES string of the molecule is C=CC1=C(C)C2=Cc3c(C)c(CCC(=O)O)c4[n]3[Ga][n]3c(c(C)c(CC)c3=CC3=NC(=C4)C(CCC(=O)O)=C3C)=CC1=N2. The van der Waals surface area contributed by atoms with E-state index in [1.165, 1.54) is 11.1 Å². The molecule has 6 bridgehead atoms. The molecule has 4 aliphatic rings. The molecule has 217 valence electrons. The number of carbonyl (C=O) groups is 2. The van der Waals surface area contributed by atoms with Gasteiger partial charge < -0.3 is 0 Å². The van der Waals surface area contributed by atoms with Gasteiger partial charge in [-0.1, -0.05) is 0 Å². The van der Waals surface area contributed by atoms with Crippen LogP contribution in [0, 0.1) is 13.8 Å². The van der Waals surface area contributed by atoms with Crippen molar-refractivity contribution in [2.45, 2.75) is 66.7 Å². The van der Waals surface area contributed by atoms with Crippen LogP contribution in [0.25, 0.3) is 24.3 Å². The molecule has 0 fully saturated rings. The van der Waals surface area contributed by atoms with Crippen LogP contribution >= 0.6 is 0 Å². The van der Waals surface area contributed by atoms with Gasteiger partial charge in [0, 0.05) is 0 Å². The van der Waals surface area contributed by atoms with Crippen LogP contribution in [0.5, 0.6) is 0 Å². The average Bonchev–Trinajstić information content (AvgIpc) is 3.58. The summed E-state index contributed by atoms with van der Waals surface area (Å²) < 4.78 is 4.89. The molecule has 2 aromatic heterocycles. The van der Waals surface area contributed by atoms with Gasteiger partial charge in [0.2, 0.25) is 0 Å². The van der Waals surface area contributed by atoms with E-state index in [-0.39, 0.29) is 12.8 Å². The molecule has 9 heteroatoms. The van der Waals surface area contributed by atoms with Crippen LogP contribution in [0.15, 0.2) is 56.3 Å². The first kappa shape index (κ1) is 29.0. The van der Waals surface area contributed by atoms with Crippen LogP contribution < -0.4 is 10.7 Å². The fraction of sp³-hybridized carbons (Fsp3) is 0.294. The van der Waals surface area contributed by atoms with Crippen molar-refractivity contribution < 1.29 is 19.8 Å². The number of nitrogens with zero attached hydrogens (tertiary/aromatic N) is 4. The molecule has 0 aromatic carbocycles. The number of hydrogen-bond donors (Lipinski definition) is 2. The van der Waals surface area contributed by atoms with Gasteiger partial charge in [-0.3, -0.25) is 0 Å². The number of hydrogen-bond acceptors (Lipinski definition) is 4. The Morgan fingerprint density at radius 3 is 2.14 bits per heavy atom. The molecule has 0 unspecified atom stereocenters. The van der Waals surface area contributed by atoms with Crippen molar-refractivity contribution in [1.82, 2.24) is 6.55 Å². The molecule has 0 atom stereocenters. The molecule has 6 rings (SSSR count). The van der Waals surface area contributed by atoms with E-state index in [1.807, 2.05) is 13.0 Å². The van der Waals surface area contributed by atoms with Crippen molar-refractivity contribution in [3.8, 4) is 0 Å². The third kappa shape index (κ3) is 4.71. The summed E-state index contributed by atoms with van der Waals surface area (Å²) in [4.78, 5) is 33.6. The van der Waals surface area contributed by atoms with Crippen LogP contribution in [0.1, 0.15) is 73.7 Å². The molecule has 1 radical (unpaired) electrons. The Hall–Kier alpha value is -4.08. The van der Waals surface area contributed by atoms with E-state index in [4.69, 9.17) is 9.98 Å². The molecular weight excluding hydrogens is 598 g/mol. The summed E-state index contributed by atoms with van der Waals surface area (Å²) in [6.07, 6.45) is 12.1. The van der Waals surface area contributed by atoms with Gasteiger partial charge in [-0.2, -0.15) is 0 Å². The summed E-state index contributed by atoms with van der Waals surface area (Å²) in [5.41, 5.74) is 13.9. The maximum atomic E-state index is 11.8. The van der Waals surface area contributed by atoms with Crippen molar-refractivity contribution in [2.75, 3.05) is 0 Å². The molecule has 2 N–H and O–H groups in total. The number of carboxylic acid groups (broad SMARTS) is 2. The van der Waals surface area contributed by atoms with Crippen LogP contribution in [0.4, 0.5) is 0 Å². The Morgan fingerprint density at radius 2 is 1.47 bits per heavy atom. The Kier molecular flexibility index (Phi) is 7.34. The first-order valence-electron chi connectivity index (χ1n) is 14.6. The summed E-state index contributed by atoms with van der Waals surface area (Å²) in [6.45, 7) is 14.6. The quantitative estimate of drug-likeness (QED) is 0.424. The molecule has 2 aromatic rings. The third-order valence-electron chi connectivity index (χ3n) is 9.08. The first-order valence-corrected chi connectivity index (χ1v) is 16.8. The number of aromatic nitrogens is 2. The topological polar surface area (TPSA) is 109 Å². The summed E-state index contributed by atoms with van der Waals surface area (Å²) in [7, 11) is 0. The minimum absolute atomic E-state index is 0.0120. The zero-order valence-electron chi connectivity index (χ0n) is 25.2. The summed E-state index contributed by atoms with van der Waals surface area (Å²) in [5.74, 6) is -1.69. The number of rotatable bonds is 8. The third-order valence-corrected chi connectivity index (χ3v) is 12.4. The molecular formula is C34H34GaN4O4. The van der Waals surface area contributed by atoms with Crippen molar-refractivity contribution in [3.63, 3.8) is 0 Å². The van der Waals surface area contributed by atoms with E-state index in [2.05, 4.69) is 65.1 Å². The van der Waals surface area contributed by atoms with E-state index >= 15 is 0 Å². The number of allylic oxidation sites excluding steroid dienone is 5. The summed E-state index contributed by atoms with van der Waals surface area (Å²) in [6, 6.07) is 0. The Balaban J connectivity index is 1.79. The van der Waals surface area contributed by atoms with Crippen molar-refractivity contribution in [3.05, 3.63) is 90.7 Å². The number of aliphatic carboxylic acids is 2. The van der Waals surface area contributed by atoms with Gasteiger partial charge >= 0.3 is 259 Å². The van der Waals surface area contributed by atoms with Gasteiger partial charge in [0.15, 0.2) is 0 Å². The zero-order valence-corrected chi connectivity index (χ0v) is 27.6. The standard InChI is InChI=1S/C34H36N4O4.Ga/c1-7-21-17(3)25-13-26-19(5)23(9-11-33(39)40)31(37-26)16-32-24(10-12-34(41)42)20(6)28(38-32)15-30-22(8-2)18(4)27(36-30)14-29(21)35-25;/h7,13-16H,1,8-12H2,2-6H3,(H4,35,36,37,38,39,40,41,42);/q;+2/p-2. The number of aliphatic imine (C=N–C) groups is 2. The summed E-state index contributed by atoms with van der Waals surface area (Å²) in [5, 5.41) is 21.4. The second-order valence-corrected chi connectivity index (χ2v) is 14.1. The fourth-order valence-corrected chi connectivity index (χ4v) is 10.3. The maximum absolute atomic E-state index is 11.8. The van der Waals surface area contributed by atoms with Crippen LogP contribution in [-0.2, 0) is 22.4 Å². The van der Waals surface area contributed by atoms with Crippen molar-refractivity contribution in [1.29, 1.82) is 0 Å². The van der Waals surface area contributed by atoms with Gasteiger partial charge in [-0.25, -0.2) is 0 Å². The fourth-order valence-electron chi connectivity index (χ4n) is 6.70. The Labute approximate surface area is 258 Å². The van der Waals surface area contributed by atoms with Gasteiger partial charge in [0.1, 0.15) is 0 Å². The molecule has 0 amide bonds. The van der Waals surface area contributed by atoms with E-state index in [0.29, 0.717) is 12.8 Å². The van der Waals surface area contributed by atoms with Gasteiger partial charge in [0.25, 0.3) is 0 Å². The van der Waals surface area contributed by atoms with Crippen molar-refractivity contribution >= 4 is 65.6 Å². The molecule has 0 saturated carbocycles. The van der Waals surface area contributed by atoms with Crippen LogP contribution in [-0.4, -0.2) is 58.0 Å². The minimum atomic E-state index is -1.48. The number of carboxylic acids is 2. The van der Waals surface area contributed by atoms with E-state index in [0.717, 1.165) is 84.7 Å². The molecule has 8 nitrogen and oxygen atoms in total. The first-order chi connectivity index (χ1) is 20.5. The van der Waals surface area contributed by atoms with Crippen LogP contribution in [0.3, 0.4) is 0 Å². The molecule has 0 spiro atoms. The van der Waals surface area contributed by atoms with Gasteiger partial charge in [0.05, 0.1) is 0 Å². The summed E-state index contributed by atoms with van der Waals surface area (Å²) >= 11 is -1.48. The number of fused-ring (bicyclic) bond motifs is 2. The predicted molar refractivity (Wildman–Crippen MR) is 172 cm³/mol. The second-order valence-electron chi connectivity index (χ2n) is 11.4. The zero-order chi connectivity index (χ0) is 30.7.